The van der Waals surface area contributed by atoms with Crippen LogP contribution in [0.4, 0.5) is 21.0 Å². The van der Waals surface area contributed by atoms with E-state index in [0.717, 1.165) is 27.8 Å². The molecular formula is C26H30N6O10S2. The first-order chi connectivity index (χ1) is 20.1. The molecule has 0 fully saturated rings. The normalized spacial score (nSPS) is 12.0. The van der Waals surface area contributed by atoms with Crippen LogP contribution in [-0.4, -0.2) is 73.7 Å². The van der Waals surface area contributed by atoms with Crippen molar-refractivity contribution in [1.29, 1.82) is 0 Å². The molecule has 0 atom stereocenters. The Morgan fingerprint density at radius 2 is 1.20 bits per heavy atom. The van der Waals surface area contributed by atoms with Crippen LogP contribution >= 0.6 is 11.8 Å². The number of carbonyl (C=O) groups excluding carboxylic acids is 2. The lowest BCUT2D eigenvalue weighted by atomic mass is 10.2. The van der Waals surface area contributed by atoms with Crippen molar-refractivity contribution >= 4 is 67.0 Å². The van der Waals surface area contributed by atoms with E-state index < -0.39 is 53.7 Å². The third-order valence-corrected chi connectivity index (χ3v) is 7.34. The number of nitro groups is 2. The Morgan fingerprint density at radius 3 is 1.57 bits per heavy atom. The van der Waals surface area contributed by atoms with Crippen LogP contribution < -0.4 is 0 Å². The number of hydrogen-bond donors (Lipinski definition) is 0. The Balaban J connectivity index is 0.000000241. The van der Waals surface area contributed by atoms with Crippen molar-refractivity contribution in [3.8, 4) is 0 Å². The van der Waals surface area contributed by atoms with Crippen molar-refractivity contribution < 1.29 is 37.3 Å². The maximum atomic E-state index is 12.1. The van der Waals surface area contributed by atoms with Crippen LogP contribution in [0.25, 0.3) is 21.8 Å². The topological polar surface area (TPSA) is 209 Å². The average molecular weight is 651 g/mol. The lowest BCUT2D eigenvalue weighted by Gasteiger charge is -2.19. The second kappa shape index (κ2) is 12.2. The van der Waals surface area contributed by atoms with Gasteiger partial charge in [-0.05, 0) is 59.9 Å². The summed E-state index contributed by atoms with van der Waals surface area (Å²) in [6.07, 6.45) is 3.83. The molecule has 0 radical (unpaired) electrons. The Morgan fingerprint density at radius 1 is 0.795 bits per heavy atom. The number of nitro benzene ring substituents is 2. The zero-order valence-electron chi connectivity index (χ0n) is 25.0. The van der Waals surface area contributed by atoms with Crippen molar-refractivity contribution in [3.63, 3.8) is 0 Å². The lowest BCUT2D eigenvalue weighted by Crippen LogP contribution is -2.27. The molecule has 2 aromatic heterocycles. The molecule has 0 bridgehead atoms. The van der Waals surface area contributed by atoms with Gasteiger partial charge in [-0.15, -0.1) is 11.8 Å². The minimum absolute atomic E-state index is 0.00117. The van der Waals surface area contributed by atoms with Gasteiger partial charge in [-0.1, -0.05) is 0 Å². The minimum Gasteiger partial charge on any atom is -0.442 e. The molecule has 2 heterocycles. The van der Waals surface area contributed by atoms with Gasteiger partial charge in [-0.3, -0.25) is 20.2 Å². The van der Waals surface area contributed by atoms with Gasteiger partial charge in [0.15, 0.2) is 9.84 Å². The van der Waals surface area contributed by atoms with Crippen molar-refractivity contribution in [2.24, 2.45) is 0 Å². The zero-order chi connectivity index (χ0) is 33.4. The van der Waals surface area contributed by atoms with Crippen LogP contribution in [0.5, 0.6) is 0 Å². The molecule has 2 aromatic carbocycles. The number of sulfone groups is 1. The number of ether oxygens (including phenoxy) is 2. The molecule has 18 heteroatoms. The van der Waals surface area contributed by atoms with Crippen LogP contribution in [0.2, 0.25) is 0 Å². The standard InChI is InChI=1S/C13H15N3O6S.C13H15N3O4S/c1-13(2,3)22-12(17)15-9-6-11(23(4,20)21)10(16(18)19)5-8(9)7-14-15;1-13(2,3)20-12(17)15-9-6-11(21-4)10(16(18)19)5-8(9)7-14-15/h5-7H,1-4H3;5-7H,1-4H3. The van der Waals surface area contributed by atoms with E-state index in [-0.39, 0.29) is 16.6 Å². The second-order valence-electron chi connectivity index (χ2n) is 11.3. The quantitative estimate of drug-likeness (QED) is 0.150. The predicted molar refractivity (Wildman–Crippen MR) is 161 cm³/mol. The highest BCUT2D eigenvalue weighted by Gasteiger charge is 2.27. The maximum absolute atomic E-state index is 12.1. The number of benzene rings is 2. The lowest BCUT2D eigenvalue weighted by molar-refractivity contribution is -0.387. The molecule has 0 aliphatic heterocycles. The van der Waals surface area contributed by atoms with Gasteiger partial charge in [0.25, 0.3) is 11.4 Å². The van der Waals surface area contributed by atoms with E-state index in [2.05, 4.69) is 10.2 Å². The average Bonchev–Trinajstić information content (AvgIpc) is 3.48. The van der Waals surface area contributed by atoms with Crippen molar-refractivity contribution in [1.82, 2.24) is 19.6 Å². The fourth-order valence-corrected chi connectivity index (χ4v) is 5.14. The van der Waals surface area contributed by atoms with Crippen LogP contribution in [0.3, 0.4) is 0 Å². The Hall–Kier alpha value is -4.58. The van der Waals surface area contributed by atoms with E-state index in [1.807, 2.05) is 0 Å². The predicted octanol–water partition coefficient (Wildman–Crippen LogP) is 5.58. The van der Waals surface area contributed by atoms with Crippen LogP contribution in [0.15, 0.2) is 46.5 Å². The van der Waals surface area contributed by atoms with E-state index in [9.17, 15) is 38.2 Å². The largest absolute Gasteiger partial charge is 0.442 e. The molecule has 44 heavy (non-hydrogen) atoms. The summed E-state index contributed by atoms with van der Waals surface area (Å²) in [5.74, 6) is 0. The molecule has 0 N–H and O–H groups in total. The Bertz CT molecular complexity index is 1900. The number of thioether (sulfide) groups is 1. The molecule has 16 nitrogen and oxygen atoms in total. The van der Waals surface area contributed by atoms with Crippen LogP contribution in [0.1, 0.15) is 41.5 Å². The Labute approximate surface area is 255 Å². The highest BCUT2D eigenvalue weighted by molar-refractivity contribution is 7.98. The van der Waals surface area contributed by atoms with Gasteiger partial charge in [0.1, 0.15) is 16.1 Å². The van der Waals surface area contributed by atoms with Gasteiger partial charge in [0, 0.05) is 29.2 Å². The summed E-state index contributed by atoms with van der Waals surface area (Å²) in [5.41, 5.74) is -1.37. The highest BCUT2D eigenvalue weighted by atomic mass is 32.2. The third kappa shape index (κ3) is 7.87. The summed E-state index contributed by atoms with van der Waals surface area (Å²) in [4.78, 5) is 45.0. The number of rotatable bonds is 4. The summed E-state index contributed by atoms with van der Waals surface area (Å²) in [6.45, 7) is 10.3. The number of hydrogen-bond acceptors (Lipinski definition) is 13. The summed E-state index contributed by atoms with van der Waals surface area (Å²) in [6, 6.07) is 5.11. The van der Waals surface area contributed by atoms with E-state index in [0.29, 0.717) is 15.8 Å². The van der Waals surface area contributed by atoms with Gasteiger partial charge in [-0.25, -0.2) is 18.0 Å². The summed E-state index contributed by atoms with van der Waals surface area (Å²) < 4.78 is 36.0. The molecular weight excluding hydrogens is 620 g/mol. The first-order valence-electron chi connectivity index (χ1n) is 12.7. The zero-order valence-corrected chi connectivity index (χ0v) is 26.7. The van der Waals surface area contributed by atoms with E-state index in [1.54, 1.807) is 53.9 Å². The summed E-state index contributed by atoms with van der Waals surface area (Å²) >= 11 is 1.24. The highest BCUT2D eigenvalue weighted by Crippen LogP contribution is 2.32. The molecule has 0 aliphatic rings. The molecule has 0 saturated carbocycles. The fourth-order valence-electron chi connectivity index (χ4n) is 3.73. The van der Waals surface area contributed by atoms with Crippen molar-refractivity contribution in [3.05, 3.63) is 56.9 Å². The second-order valence-corrected chi connectivity index (χ2v) is 14.2. The summed E-state index contributed by atoms with van der Waals surface area (Å²) in [7, 11) is -3.86. The number of carbonyl (C=O) groups is 2. The minimum atomic E-state index is -3.86. The maximum Gasteiger partial charge on any atom is 0.435 e. The van der Waals surface area contributed by atoms with E-state index >= 15 is 0 Å². The third-order valence-electron chi connectivity index (χ3n) is 5.44. The van der Waals surface area contributed by atoms with Crippen molar-refractivity contribution in [2.75, 3.05) is 12.5 Å². The molecule has 0 amide bonds. The number of aromatic nitrogens is 4. The molecule has 0 spiro atoms. The SMILES string of the molecule is CC(C)(C)OC(=O)n1ncc2cc([N+](=O)[O-])c(S(C)(=O)=O)cc21.CSc1cc2c(cnn2C(=O)OC(C)(C)C)cc1[N+](=O)[O-]. The molecule has 0 aliphatic carbocycles. The first-order valence-corrected chi connectivity index (χ1v) is 15.8. The monoisotopic (exact) mass is 650 g/mol. The molecule has 4 rings (SSSR count). The van der Waals surface area contributed by atoms with Gasteiger partial charge in [0.2, 0.25) is 0 Å². The summed E-state index contributed by atoms with van der Waals surface area (Å²) in [5, 5.41) is 30.7. The molecule has 0 saturated heterocycles. The number of nitrogens with zero attached hydrogens (tertiary/aromatic N) is 6. The number of fused-ring (bicyclic) bond motifs is 2. The van der Waals surface area contributed by atoms with Crippen LogP contribution in [0, 0.1) is 20.2 Å². The Kier molecular flexibility index (Phi) is 9.40. The van der Waals surface area contributed by atoms with Crippen molar-refractivity contribution in [2.45, 2.75) is 62.5 Å². The van der Waals surface area contributed by atoms with Gasteiger partial charge < -0.3 is 9.47 Å². The first kappa shape index (κ1) is 33.9. The van der Waals surface area contributed by atoms with E-state index in [1.165, 1.54) is 30.2 Å². The van der Waals surface area contributed by atoms with Crippen LogP contribution in [-0.2, 0) is 19.3 Å². The van der Waals surface area contributed by atoms with Gasteiger partial charge in [-0.2, -0.15) is 19.6 Å². The molecule has 0 unspecified atom stereocenters. The van der Waals surface area contributed by atoms with Gasteiger partial charge >= 0.3 is 12.2 Å². The molecule has 4 aromatic rings. The van der Waals surface area contributed by atoms with Gasteiger partial charge in [0.05, 0.1) is 38.2 Å². The smallest absolute Gasteiger partial charge is 0.435 e. The van der Waals surface area contributed by atoms with E-state index in [4.69, 9.17) is 9.47 Å². The molecule has 236 valence electrons. The fraction of sp³-hybridized carbons (Fsp3) is 0.385.